The molecule has 2 N–H and O–H groups in total. The number of ether oxygens (including phenoxy) is 1. The van der Waals surface area contributed by atoms with Crippen LogP contribution in [0.5, 0.6) is 0 Å². The van der Waals surface area contributed by atoms with Crippen molar-refractivity contribution in [3.63, 3.8) is 0 Å². The molecule has 2 amide bonds. The molecule has 0 aliphatic carbocycles. The maximum absolute atomic E-state index is 12.8. The summed E-state index contributed by atoms with van der Waals surface area (Å²) in [7, 11) is 0. The Morgan fingerprint density at radius 1 is 1.36 bits per heavy atom. The molecule has 1 aromatic carbocycles. The second kappa shape index (κ2) is 8.05. The van der Waals surface area contributed by atoms with E-state index in [-0.39, 0.29) is 36.4 Å². The summed E-state index contributed by atoms with van der Waals surface area (Å²) in [6.45, 7) is 6.71. The molecule has 1 aromatic rings. The Morgan fingerprint density at radius 2 is 2.11 bits per heavy atom. The van der Waals surface area contributed by atoms with E-state index in [1.807, 2.05) is 20.8 Å². The van der Waals surface area contributed by atoms with Gasteiger partial charge in [-0.15, -0.1) is 11.6 Å². The van der Waals surface area contributed by atoms with Crippen LogP contribution in [0.1, 0.15) is 27.2 Å². The Balaban J connectivity index is 1.78. The number of nitrogens with one attached hydrogen (secondary N) is 2. The molecule has 1 fully saturated rings. The van der Waals surface area contributed by atoms with Crippen molar-refractivity contribution in [2.75, 3.05) is 41.2 Å². The fourth-order valence-electron chi connectivity index (χ4n) is 3.58. The van der Waals surface area contributed by atoms with Gasteiger partial charge in [-0.1, -0.05) is 6.07 Å². The molecule has 154 valence electrons. The van der Waals surface area contributed by atoms with Crippen LogP contribution in [-0.4, -0.2) is 54.1 Å². The number of anilines is 3. The van der Waals surface area contributed by atoms with Crippen molar-refractivity contribution in [3.05, 3.63) is 23.4 Å². The van der Waals surface area contributed by atoms with E-state index in [0.717, 1.165) is 5.06 Å². The first-order valence-electron chi connectivity index (χ1n) is 9.36. The fraction of sp³-hybridized carbons (Fsp3) is 0.579. The number of hydrogen-bond donors (Lipinski definition) is 2. The van der Waals surface area contributed by atoms with E-state index >= 15 is 0 Å². The Morgan fingerprint density at radius 3 is 2.79 bits per heavy atom. The van der Waals surface area contributed by atoms with Crippen molar-refractivity contribution in [2.45, 2.75) is 38.8 Å². The van der Waals surface area contributed by atoms with Gasteiger partial charge in [0.25, 0.3) is 0 Å². The van der Waals surface area contributed by atoms with E-state index in [0.29, 0.717) is 36.6 Å². The van der Waals surface area contributed by atoms with Crippen LogP contribution in [0.3, 0.4) is 0 Å². The van der Waals surface area contributed by atoms with Crippen LogP contribution in [0.25, 0.3) is 0 Å². The Hall–Kier alpha value is -2.19. The monoisotopic (exact) mass is 409 g/mol. The number of nitrogens with zero attached hydrogens (tertiary/aromatic N) is 2. The van der Waals surface area contributed by atoms with E-state index in [1.165, 1.54) is 0 Å². The molecule has 0 bridgehead atoms. The lowest BCUT2D eigenvalue weighted by Crippen LogP contribution is -2.51. The molecule has 8 nitrogen and oxygen atoms in total. The number of amides is 2. The van der Waals surface area contributed by atoms with Gasteiger partial charge in [-0.3, -0.25) is 4.79 Å². The lowest BCUT2D eigenvalue weighted by molar-refractivity contribution is -0.113. The van der Waals surface area contributed by atoms with Gasteiger partial charge in [-0.25, -0.2) is 4.79 Å². The van der Waals surface area contributed by atoms with Crippen LogP contribution in [0.4, 0.5) is 21.9 Å². The molecule has 0 saturated carbocycles. The molecule has 0 radical (unpaired) electrons. The van der Waals surface area contributed by atoms with Crippen LogP contribution < -0.4 is 15.7 Å². The normalized spacial score (nSPS) is 21.8. The zero-order valence-electron chi connectivity index (χ0n) is 16.3. The summed E-state index contributed by atoms with van der Waals surface area (Å²) in [5.74, 6) is -0.570. The lowest BCUT2D eigenvalue weighted by atomic mass is 9.92. The summed E-state index contributed by atoms with van der Waals surface area (Å²) in [5, 5.41) is 19.8. The zero-order valence-corrected chi connectivity index (χ0v) is 17.1. The highest BCUT2D eigenvalue weighted by atomic mass is 35.5. The van der Waals surface area contributed by atoms with Gasteiger partial charge in [0.05, 0.1) is 17.1 Å². The molecule has 2 aliphatic rings. The molecule has 1 saturated heterocycles. The lowest BCUT2D eigenvalue weighted by Gasteiger charge is -2.40. The summed E-state index contributed by atoms with van der Waals surface area (Å²) in [5.41, 5.74) is 1.02. The average molecular weight is 410 g/mol. The molecule has 28 heavy (non-hydrogen) atoms. The first-order chi connectivity index (χ1) is 13.2. The molecular weight excluding hydrogens is 384 g/mol. The molecule has 2 aliphatic heterocycles. The SMILES string of the molecule is CC(C)(C)OC(=O)N1CCC2Nc3c(NC(=O)CCl)cccc3N([O-])CC2C1. The van der Waals surface area contributed by atoms with E-state index in [9.17, 15) is 14.8 Å². The van der Waals surface area contributed by atoms with Gasteiger partial charge in [-0.05, 0) is 39.3 Å². The Labute approximate surface area is 169 Å². The summed E-state index contributed by atoms with van der Waals surface area (Å²) < 4.78 is 5.47. The Kier molecular flexibility index (Phi) is 5.90. The molecule has 9 heteroatoms. The number of piperidine rings is 1. The first-order valence-corrected chi connectivity index (χ1v) is 9.89. The number of carbonyl (C=O) groups excluding carboxylic acids is 2. The Bertz CT molecular complexity index is 752. The van der Waals surface area contributed by atoms with Crippen molar-refractivity contribution in [1.29, 1.82) is 0 Å². The number of hydrogen-bond acceptors (Lipinski definition) is 6. The van der Waals surface area contributed by atoms with E-state index in [4.69, 9.17) is 16.3 Å². The molecule has 0 spiro atoms. The minimum Gasteiger partial charge on any atom is -0.758 e. The van der Waals surface area contributed by atoms with Gasteiger partial charge >= 0.3 is 6.09 Å². The van der Waals surface area contributed by atoms with Crippen LogP contribution in [0.2, 0.25) is 0 Å². The number of para-hydroxylation sites is 1. The van der Waals surface area contributed by atoms with Crippen molar-refractivity contribution >= 4 is 40.7 Å². The number of halogens is 1. The quantitative estimate of drug-likeness (QED) is 0.728. The van der Waals surface area contributed by atoms with E-state index < -0.39 is 5.60 Å². The summed E-state index contributed by atoms with van der Waals surface area (Å²) >= 11 is 5.59. The third-order valence-electron chi connectivity index (χ3n) is 4.82. The van der Waals surface area contributed by atoms with Gasteiger partial charge in [0, 0.05) is 31.6 Å². The molecular formula is C19H26ClN4O4-. The summed E-state index contributed by atoms with van der Waals surface area (Å²) in [6, 6.07) is 5.18. The first kappa shape index (κ1) is 20.5. The van der Waals surface area contributed by atoms with Crippen LogP contribution >= 0.6 is 11.6 Å². The van der Waals surface area contributed by atoms with Crippen molar-refractivity contribution < 1.29 is 14.3 Å². The number of carbonyl (C=O) groups is 2. The number of fused-ring (bicyclic) bond motifs is 2. The third-order valence-corrected chi connectivity index (χ3v) is 5.07. The maximum Gasteiger partial charge on any atom is 0.410 e. The van der Waals surface area contributed by atoms with E-state index in [1.54, 1.807) is 23.1 Å². The zero-order chi connectivity index (χ0) is 20.5. The topological polar surface area (TPSA) is 97.0 Å². The minimum absolute atomic E-state index is 0.00504. The third kappa shape index (κ3) is 4.62. The highest BCUT2D eigenvalue weighted by molar-refractivity contribution is 6.29. The second-order valence-electron chi connectivity index (χ2n) is 8.17. The van der Waals surface area contributed by atoms with E-state index in [2.05, 4.69) is 10.6 Å². The molecule has 0 aromatic heterocycles. The van der Waals surface area contributed by atoms with Crippen molar-refractivity contribution in [1.82, 2.24) is 4.90 Å². The molecule has 2 atom stereocenters. The standard InChI is InChI=1S/C19H26ClN4O4/c1-19(2,3)28-18(26)23-8-7-13-12(10-23)11-24(27)15-6-4-5-14(17(15)22-13)21-16(25)9-20/h4-6,12-13,22H,7-11H2,1-3H3,(H,21,25)/q-1. The van der Waals surface area contributed by atoms with Crippen LogP contribution in [-0.2, 0) is 9.53 Å². The number of hydroxylamine groups is 1. The molecule has 3 rings (SSSR count). The van der Waals surface area contributed by atoms with Gasteiger partial charge in [-0.2, -0.15) is 0 Å². The number of likely N-dealkylation sites (tertiary alicyclic amines) is 1. The number of benzene rings is 1. The molecule has 2 heterocycles. The van der Waals surface area contributed by atoms with Gasteiger partial charge in [0.15, 0.2) is 0 Å². The van der Waals surface area contributed by atoms with Gasteiger partial charge < -0.3 is 30.5 Å². The van der Waals surface area contributed by atoms with Crippen molar-refractivity contribution in [3.8, 4) is 0 Å². The second-order valence-corrected chi connectivity index (χ2v) is 8.44. The van der Waals surface area contributed by atoms with Crippen LogP contribution in [0.15, 0.2) is 18.2 Å². The molecule has 2 unspecified atom stereocenters. The largest absolute Gasteiger partial charge is 0.758 e. The smallest absolute Gasteiger partial charge is 0.410 e. The number of alkyl halides is 1. The summed E-state index contributed by atoms with van der Waals surface area (Å²) in [4.78, 5) is 25.8. The fourth-order valence-corrected chi connectivity index (χ4v) is 3.65. The highest BCUT2D eigenvalue weighted by Gasteiger charge is 2.36. The number of rotatable bonds is 2. The maximum atomic E-state index is 12.8. The predicted octanol–water partition coefficient (Wildman–Crippen LogP) is 3.22. The summed E-state index contributed by atoms with van der Waals surface area (Å²) in [6.07, 6.45) is 0.315. The predicted molar refractivity (Wildman–Crippen MR) is 110 cm³/mol. The van der Waals surface area contributed by atoms with Crippen LogP contribution in [0, 0.1) is 11.1 Å². The van der Waals surface area contributed by atoms with Crippen molar-refractivity contribution in [2.24, 2.45) is 5.92 Å². The highest BCUT2D eigenvalue weighted by Crippen LogP contribution is 2.39. The average Bonchev–Trinajstić information content (AvgIpc) is 2.76. The van der Waals surface area contributed by atoms with Gasteiger partial charge in [0.1, 0.15) is 11.5 Å². The van der Waals surface area contributed by atoms with Gasteiger partial charge in [0.2, 0.25) is 5.91 Å². The minimum atomic E-state index is -0.564.